The van der Waals surface area contributed by atoms with Crippen LogP contribution in [0.25, 0.3) is 22.5 Å². The molecule has 0 atom stereocenters. The standard InChI is InChI=1S/C16H10B2N2/c17-13-5-7-15(19-9-13)11-1-2-12(4-3-11)16-8-6-14(18)10-20-16/h1-10H. The SMILES string of the molecule is [B]c1ccc(-c2ccc(-c3ccc([B])cn3)cc2)nc1. The van der Waals surface area contributed by atoms with Gasteiger partial charge >= 0.3 is 0 Å². The third kappa shape index (κ3) is 2.64. The number of nitrogens with zero attached hydrogens (tertiary/aromatic N) is 2. The van der Waals surface area contributed by atoms with Crippen molar-refractivity contribution in [1.82, 2.24) is 9.97 Å². The third-order valence-corrected chi connectivity index (χ3v) is 3.05. The first kappa shape index (κ1) is 12.7. The number of hydrogen-bond donors (Lipinski definition) is 0. The van der Waals surface area contributed by atoms with E-state index in [2.05, 4.69) is 9.97 Å². The molecule has 90 valence electrons. The first-order chi connectivity index (χ1) is 9.72. The van der Waals surface area contributed by atoms with Crippen molar-refractivity contribution in [2.75, 3.05) is 0 Å². The Morgan fingerprint density at radius 2 is 0.950 bits per heavy atom. The largest absolute Gasteiger partial charge is 0.257 e. The average Bonchev–Trinajstić information content (AvgIpc) is 2.49. The minimum Gasteiger partial charge on any atom is -0.257 e. The lowest BCUT2D eigenvalue weighted by Gasteiger charge is -2.04. The molecule has 20 heavy (non-hydrogen) atoms. The second kappa shape index (κ2) is 5.33. The van der Waals surface area contributed by atoms with Gasteiger partial charge in [0.05, 0.1) is 11.4 Å². The lowest BCUT2D eigenvalue weighted by molar-refractivity contribution is 1.33. The summed E-state index contributed by atoms with van der Waals surface area (Å²) in [6, 6.07) is 15.6. The van der Waals surface area contributed by atoms with Gasteiger partial charge in [-0.3, -0.25) is 9.97 Å². The van der Waals surface area contributed by atoms with Crippen LogP contribution >= 0.6 is 0 Å². The normalized spacial score (nSPS) is 10.4. The Hall–Kier alpha value is -2.35. The van der Waals surface area contributed by atoms with E-state index in [9.17, 15) is 0 Å². The molecule has 2 aromatic heterocycles. The van der Waals surface area contributed by atoms with Gasteiger partial charge in [-0.25, -0.2) is 0 Å². The molecule has 4 radical (unpaired) electrons. The molecule has 0 unspecified atom stereocenters. The van der Waals surface area contributed by atoms with Crippen LogP contribution in [-0.2, 0) is 0 Å². The van der Waals surface area contributed by atoms with E-state index in [1.54, 1.807) is 12.4 Å². The lowest BCUT2D eigenvalue weighted by Crippen LogP contribution is -2.02. The molecule has 0 aliphatic carbocycles. The molecule has 2 heterocycles. The summed E-state index contributed by atoms with van der Waals surface area (Å²) in [6.07, 6.45) is 3.32. The van der Waals surface area contributed by atoms with Gasteiger partial charge in [0.1, 0.15) is 15.7 Å². The predicted octanol–water partition coefficient (Wildman–Crippen LogP) is 1.40. The quantitative estimate of drug-likeness (QED) is 0.644. The van der Waals surface area contributed by atoms with E-state index in [4.69, 9.17) is 15.7 Å². The van der Waals surface area contributed by atoms with Gasteiger partial charge in [-0.1, -0.05) is 47.3 Å². The lowest BCUT2D eigenvalue weighted by atomic mass is 9.97. The van der Waals surface area contributed by atoms with Crippen LogP contribution < -0.4 is 10.9 Å². The van der Waals surface area contributed by atoms with Crippen LogP contribution in [0.2, 0.25) is 0 Å². The molecule has 0 N–H and O–H groups in total. The van der Waals surface area contributed by atoms with Gasteiger partial charge < -0.3 is 0 Å². The van der Waals surface area contributed by atoms with Crippen molar-refractivity contribution in [3.63, 3.8) is 0 Å². The Morgan fingerprint density at radius 3 is 1.25 bits per heavy atom. The summed E-state index contributed by atoms with van der Waals surface area (Å²) in [4.78, 5) is 8.61. The average molecular weight is 252 g/mol. The van der Waals surface area contributed by atoms with Crippen LogP contribution in [0.1, 0.15) is 0 Å². The number of benzene rings is 1. The molecule has 0 fully saturated rings. The Labute approximate surface area is 120 Å². The first-order valence-corrected chi connectivity index (χ1v) is 6.26. The summed E-state index contributed by atoms with van der Waals surface area (Å²) in [7, 11) is 11.3. The van der Waals surface area contributed by atoms with Crippen LogP contribution in [0.15, 0.2) is 60.9 Å². The van der Waals surface area contributed by atoms with Crippen LogP contribution in [0.5, 0.6) is 0 Å². The van der Waals surface area contributed by atoms with E-state index in [-0.39, 0.29) is 0 Å². The van der Waals surface area contributed by atoms with E-state index in [0.29, 0.717) is 10.9 Å². The molecule has 0 saturated heterocycles. The number of hydrogen-bond acceptors (Lipinski definition) is 2. The highest BCUT2D eigenvalue weighted by Crippen LogP contribution is 2.21. The molecular formula is C16H10B2N2. The smallest absolute Gasteiger partial charge is 0.115 e. The minimum atomic E-state index is 0.663. The zero-order valence-electron chi connectivity index (χ0n) is 10.8. The zero-order valence-corrected chi connectivity index (χ0v) is 10.8. The minimum absolute atomic E-state index is 0.663. The van der Waals surface area contributed by atoms with E-state index in [0.717, 1.165) is 22.5 Å². The maximum absolute atomic E-state index is 5.64. The second-order valence-corrected chi connectivity index (χ2v) is 4.53. The van der Waals surface area contributed by atoms with Gasteiger partial charge in [-0.2, -0.15) is 0 Å². The number of pyridine rings is 2. The van der Waals surface area contributed by atoms with Crippen molar-refractivity contribution in [2.45, 2.75) is 0 Å². The van der Waals surface area contributed by atoms with Crippen LogP contribution in [0.4, 0.5) is 0 Å². The van der Waals surface area contributed by atoms with Gasteiger partial charge in [-0.15, -0.1) is 0 Å². The summed E-state index contributed by atoms with van der Waals surface area (Å²) in [5.74, 6) is 0. The number of aromatic nitrogens is 2. The van der Waals surface area contributed by atoms with Crippen LogP contribution in [0, 0.1) is 0 Å². The maximum Gasteiger partial charge on any atom is 0.115 e. The molecule has 0 aliphatic heterocycles. The van der Waals surface area contributed by atoms with Crippen LogP contribution in [-0.4, -0.2) is 25.7 Å². The van der Waals surface area contributed by atoms with Crippen molar-refractivity contribution in [2.24, 2.45) is 0 Å². The Kier molecular flexibility index (Phi) is 3.38. The zero-order chi connectivity index (χ0) is 13.9. The predicted molar refractivity (Wildman–Crippen MR) is 83.7 cm³/mol. The molecule has 3 rings (SSSR count). The second-order valence-electron chi connectivity index (χ2n) is 4.53. The Morgan fingerprint density at radius 1 is 0.550 bits per heavy atom. The summed E-state index contributed by atoms with van der Waals surface area (Å²) >= 11 is 0. The molecular weight excluding hydrogens is 242 g/mol. The molecule has 2 nitrogen and oxygen atoms in total. The highest BCUT2D eigenvalue weighted by molar-refractivity contribution is 6.32. The molecule has 0 spiro atoms. The van der Waals surface area contributed by atoms with E-state index in [1.165, 1.54) is 0 Å². The van der Waals surface area contributed by atoms with E-state index >= 15 is 0 Å². The highest BCUT2D eigenvalue weighted by atomic mass is 14.7. The van der Waals surface area contributed by atoms with Gasteiger partial charge in [0, 0.05) is 23.5 Å². The summed E-state index contributed by atoms with van der Waals surface area (Å²) < 4.78 is 0. The van der Waals surface area contributed by atoms with Gasteiger partial charge in [0.25, 0.3) is 0 Å². The monoisotopic (exact) mass is 252 g/mol. The summed E-state index contributed by atoms with van der Waals surface area (Å²) in [6.45, 7) is 0. The fraction of sp³-hybridized carbons (Fsp3) is 0. The first-order valence-electron chi connectivity index (χ1n) is 6.26. The molecule has 1 aromatic carbocycles. The van der Waals surface area contributed by atoms with Crippen molar-refractivity contribution in [3.05, 3.63) is 60.9 Å². The fourth-order valence-electron chi connectivity index (χ4n) is 1.96. The maximum atomic E-state index is 5.64. The molecule has 0 aliphatic rings. The molecule has 3 aromatic rings. The van der Waals surface area contributed by atoms with Crippen molar-refractivity contribution in [3.8, 4) is 22.5 Å². The number of rotatable bonds is 2. The van der Waals surface area contributed by atoms with Crippen molar-refractivity contribution >= 4 is 26.6 Å². The van der Waals surface area contributed by atoms with E-state index < -0.39 is 0 Å². The highest BCUT2D eigenvalue weighted by Gasteiger charge is 2.01. The third-order valence-electron chi connectivity index (χ3n) is 3.05. The van der Waals surface area contributed by atoms with Crippen LogP contribution in [0.3, 0.4) is 0 Å². The van der Waals surface area contributed by atoms with Crippen molar-refractivity contribution in [1.29, 1.82) is 0 Å². The Bertz CT molecular complexity index is 640. The molecule has 0 saturated carbocycles. The van der Waals surface area contributed by atoms with Gasteiger partial charge in [-0.05, 0) is 12.1 Å². The van der Waals surface area contributed by atoms with E-state index in [1.807, 2.05) is 48.5 Å². The van der Waals surface area contributed by atoms with Crippen molar-refractivity contribution < 1.29 is 0 Å². The summed E-state index contributed by atoms with van der Waals surface area (Å²) in [5.41, 5.74) is 5.22. The summed E-state index contributed by atoms with van der Waals surface area (Å²) in [5, 5.41) is 0. The Balaban J connectivity index is 1.91. The molecule has 0 bridgehead atoms. The topological polar surface area (TPSA) is 25.8 Å². The molecule has 0 amide bonds. The fourth-order valence-corrected chi connectivity index (χ4v) is 1.96. The molecule has 4 heteroatoms. The van der Waals surface area contributed by atoms with Gasteiger partial charge in [0.15, 0.2) is 0 Å². The van der Waals surface area contributed by atoms with Gasteiger partial charge in [0.2, 0.25) is 0 Å².